The highest BCUT2D eigenvalue weighted by Gasteiger charge is 2.27. The molecule has 2 aromatic rings. The molecule has 2 amide bonds. The number of carbonyl (C=O) groups is 1. The van der Waals surface area contributed by atoms with Crippen LogP contribution in [0.1, 0.15) is 37.0 Å². The van der Waals surface area contributed by atoms with E-state index in [1.165, 1.54) is 0 Å². The smallest absolute Gasteiger partial charge is 0.315 e. The molecule has 0 aliphatic carbocycles. The van der Waals surface area contributed by atoms with E-state index < -0.39 is 5.60 Å². The highest BCUT2D eigenvalue weighted by atomic mass is 16.4. The van der Waals surface area contributed by atoms with Crippen LogP contribution >= 0.6 is 0 Å². The lowest BCUT2D eigenvalue weighted by Crippen LogP contribution is -2.44. The van der Waals surface area contributed by atoms with Crippen molar-refractivity contribution in [1.82, 2.24) is 15.6 Å². The molecule has 0 aromatic carbocycles. The fraction of sp³-hybridized carbons (Fsp3) is 0.375. The van der Waals surface area contributed by atoms with E-state index in [1.807, 2.05) is 19.1 Å². The van der Waals surface area contributed by atoms with Gasteiger partial charge in [0.2, 0.25) is 0 Å². The third kappa shape index (κ3) is 4.08. The number of pyridine rings is 1. The Labute approximate surface area is 129 Å². The molecule has 2 rings (SSSR count). The molecule has 0 saturated carbocycles. The summed E-state index contributed by atoms with van der Waals surface area (Å²) in [5, 5.41) is 15.8. The molecule has 0 saturated heterocycles. The van der Waals surface area contributed by atoms with Gasteiger partial charge < -0.3 is 20.2 Å². The number of nitrogens with zero attached hydrogens (tertiary/aromatic N) is 1. The summed E-state index contributed by atoms with van der Waals surface area (Å²) in [6.45, 7) is 5.33. The molecule has 3 N–H and O–H groups in total. The van der Waals surface area contributed by atoms with E-state index in [9.17, 15) is 9.90 Å². The van der Waals surface area contributed by atoms with E-state index in [4.69, 9.17) is 4.42 Å². The Kier molecular flexibility index (Phi) is 4.82. The summed E-state index contributed by atoms with van der Waals surface area (Å²) >= 11 is 0. The molecule has 2 atom stereocenters. The first-order valence-corrected chi connectivity index (χ1v) is 7.12. The minimum Gasteiger partial charge on any atom is -0.463 e. The number of rotatable bonds is 5. The van der Waals surface area contributed by atoms with E-state index >= 15 is 0 Å². The van der Waals surface area contributed by atoms with Gasteiger partial charge in [0.05, 0.1) is 12.6 Å². The van der Waals surface area contributed by atoms with Crippen molar-refractivity contribution in [3.05, 3.63) is 53.7 Å². The second kappa shape index (κ2) is 6.62. The number of amides is 2. The fourth-order valence-electron chi connectivity index (χ4n) is 2.05. The number of nitrogens with one attached hydrogen (secondary N) is 2. The second-order valence-corrected chi connectivity index (χ2v) is 5.51. The maximum atomic E-state index is 11.9. The topological polar surface area (TPSA) is 87.4 Å². The van der Waals surface area contributed by atoms with Crippen LogP contribution in [-0.2, 0) is 5.60 Å². The highest BCUT2D eigenvalue weighted by molar-refractivity contribution is 5.74. The monoisotopic (exact) mass is 303 g/mol. The van der Waals surface area contributed by atoms with Crippen LogP contribution in [0.2, 0.25) is 0 Å². The van der Waals surface area contributed by atoms with Gasteiger partial charge in [-0.05, 0) is 50.6 Å². The molecule has 0 fully saturated rings. The van der Waals surface area contributed by atoms with Crippen molar-refractivity contribution in [2.75, 3.05) is 6.54 Å². The number of carbonyl (C=O) groups excluding carboxylic acids is 1. The molecule has 2 unspecified atom stereocenters. The summed E-state index contributed by atoms with van der Waals surface area (Å²) in [5.41, 5.74) is -0.301. The van der Waals surface area contributed by atoms with Crippen molar-refractivity contribution in [3.8, 4) is 0 Å². The molecule has 0 aliphatic rings. The van der Waals surface area contributed by atoms with Crippen molar-refractivity contribution >= 4 is 6.03 Å². The zero-order valence-corrected chi connectivity index (χ0v) is 13.0. The fourth-order valence-corrected chi connectivity index (χ4v) is 2.05. The second-order valence-electron chi connectivity index (χ2n) is 5.51. The summed E-state index contributed by atoms with van der Waals surface area (Å²) < 4.78 is 5.40. The van der Waals surface area contributed by atoms with Crippen LogP contribution in [0.5, 0.6) is 0 Å². The van der Waals surface area contributed by atoms with Crippen molar-refractivity contribution in [3.63, 3.8) is 0 Å². The minimum absolute atomic E-state index is 0.0504. The van der Waals surface area contributed by atoms with Gasteiger partial charge in [-0.2, -0.15) is 0 Å². The number of hydrogen-bond acceptors (Lipinski definition) is 4. The Morgan fingerprint density at radius 1 is 1.36 bits per heavy atom. The lowest BCUT2D eigenvalue weighted by Gasteiger charge is -2.22. The van der Waals surface area contributed by atoms with E-state index in [0.717, 1.165) is 5.56 Å². The Morgan fingerprint density at radius 3 is 2.64 bits per heavy atom. The van der Waals surface area contributed by atoms with Crippen molar-refractivity contribution in [1.29, 1.82) is 0 Å². The van der Waals surface area contributed by atoms with Crippen molar-refractivity contribution < 1.29 is 14.3 Å². The zero-order chi connectivity index (χ0) is 16.2. The number of aromatic nitrogens is 1. The number of furan rings is 1. The molecule has 0 radical (unpaired) electrons. The van der Waals surface area contributed by atoms with E-state index in [-0.39, 0.29) is 18.6 Å². The lowest BCUT2D eigenvalue weighted by atomic mass is 10.0. The number of urea groups is 1. The molecule has 2 aromatic heterocycles. The third-order valence-electron chi connectivity index (χ3n) is 3.42. The molecular weight excluding hydrogens is 282 g/mol. The first-order chi connectivity index (χ1) is 10.4. The average Bonchev–Trinajstić information content (AvgIpc) is 2.94. The van der Waals surface area contributed by atoms with Gasteiger partial charge in [-0.3, -0.25) is 4.98 Å². The van der Waals surface area contributed by atoms with Gasteiger partial charge in [0.25, 0.3) is 0 Å². The summed E-state index contributed by atoms with van der Waals surface area (Å²) in [5.74, 6) is 1.14. The Balaban J connectivity index is 1.87. The van der Waals surface area contributed by atoms with Crippen LogP contribution < -0.4 is 10.6 Å². The molecule has 2 heterocycles. The number of hydrogen-bond donors (Lipinski definition) is 3. The molecule has 0 aliphatic heterocycles. The molecule has 118 valence electrons. The van der Waals surface area contributed by atoms with E-state index in [2.05, 4.69) is 15.6 Å². The van der Waals surface area contributed by atoms with Crippen LogP contribution in [0, 0.1) is 6.92 Å². The average molecular weight is 303 g/mol. The zero-order valence-electron chi connectivity index (χ0n) is 13.0. The summed E-state index contributed by atoms with van der Waals surface area (Å²) in [7, 11) is 0. The van der Waals surface area contributed by atoms with Crippen molar-refractivity contribution in [2.45, 2.75) is 32.4 Å². The lowest BCUT2D eigenvalue weighted by molar-refractivity contribution is 0.0359. The molecule has 0 bridgehead atoms. The van der Waals surface area contributed by atoms with Crippen LogP contribution in [0.15, 0.2) is 41.1 Å². The van der Waals surface area contributed by atoms with E-state index in [0.29, 0.717) is 11.5 Å². The predicted octanol–water partition coefficient (Wildman–Crippen LogP) is 2.25. The Morgan fingerprint density at radius 2 is 2.05 bits per heavy atom. The van der Waals surface area contributed by atoms with Gasteiger partial charge in [-0.1, -0.05) is 0 Å². The minimum atomic E-state index is -1.26. The van der Waals surface area contributed by atoms with Gasteiger partial charge >= 0.3 is 6.03 Å². The maximum Gasteiger partial charge on any atom is 0.315 e. The molecule has 22 heavy (non-hydrogen) atoms. The van der Waals surface area contributed by atoms with Gasteiger partial charge in [0.1, 0.15) is 17.1 Å². The summed E-state index contributed by atoms with van der Waals surface area (Å²) in [6, 6.07) is 6.65. The highest BCUT2D eigenvalue weighted by Crippen LogP contribution is 2.21. The van der Waals surface area contributed by atoms with Crippen LogP contribution in [0.3, 0.4) is 0 Å². The van der Waals surface area contributed by atoms with Gasteiger partial charge in [0.15, 0.2) is 0 Å². The number of aryl methyl sites for hydroxylation is 1. The maximum absolute atomic E-state index is 11.9. The number of aliphatic hydroxyl groups is 1. The predicted molar refractivity (Wildman–Crippen MR) is 82.2 cm³/mol. The first kappa shape index (κ1) is 16.0. The van der Waals surface area contributed by atoms with E-state index in [1.54, 1.807) is 38.4 Å². The van der Waals surface area contributed by atoms with Crippen LogP contribution in [0.25, 0.3) is 0 Å². The largest absolute Gasteiger partial charge is 0.463 e. The molecule has 6 nitrogen and oxygen atoms in total. The first-order valence-electron chi connectivity index (χ1n) is 7.12. The normalized spacial score (nSPS) is 14.9. The molecule has 6 heteroatoms. The molecular formula is C16H21N3O3. The van der Waals surface area contributed by atoms with Crippen LogP contribution in [0.4, 0.5) is 4.79 Å². The Hall–Kier alpha value is -2.34. The molecule has 0 spiro atoms. The SMILES string of the molecule is Cc1ccc(C(C)(O)CNC(=O)NC(C)c2ccncc2)o1. The van der Waals surface area contributed by atoms with Gasteiger partial charge in [-0.25, -0.2) is 4.79 Å². The third-order valence-corrected chi connectivity index (χ3v) is 3.42. The quantitative estimate of drug-likeness (QED) is 0.790. The van der Waals surface area contributed by atoms with Gasteiger partial charge in [0, 0.05) is 12.4 Å². The van der Waals surface area contributed by atoms with Crippen molar-refractivity contribution in [2.24, 2.45) is 0 Å². The standard InChI is InChI=1S/C16H21N3O3/c1-11-4-5-14(22-11)16(3,21)10-18-15(20)19-12(2)13-6-8-17-9-7-13/h4-9,12,21H,10H2,1-3H3,(H2,18,19,20). The Bertz CT molecular complexity index is 623. The van der Waals surface area contributed by atoms with Crippen LogP contribution in [-0.4, -0.2) is 22.7 Å². The summed E-state index contributed by atoms with van der Waals surface area (Å²) in [6.07, 6.45) is 3.35. The summed E-state index contributed by atoms with van der Waals surface area (Å²) in [4.78, 5) is 15.9. The van der Waals surface area contributed by atoms with Gasteiger partial charge in [-0.15, -0.1) is 0 Å².